The van der Waals surface area contributed by atoms with Crippen molar-refractivity contribution in [1.29, 1.82) is 0 Å². The molecule has 1 aliphatic carbocycles. The van der Waals surface area contributed by atoms with Crippen molar-refractivity contribution in [3.63, 3.8) is 0 Å². The molecular formula is C17H14F4O2. The van der Waals surface area contributed by atoms with Crippen LogP contribution >= 0.6 is 0 Å². The molecule has 122 valence electrons. The molecule has 0 saturated heterocycles. The van der Waals surface area contributed by atoms with E-state index in [2.05, 4.69) is 0 Å². The molecule has 2 aromatic carbocycles. The maximum Gasteiger partial charge on any atom is 0.204 e. The fourth-order valence-corrected chi connectivity index (χ4v) is 2.24. The summed E-state index contributed by atoms with van der Waals surface area (Å²) in [5, 5.41) is 0. The van der Waals surface area contributed by atoms with Crippen LogP contribution in [-0.2, 0) is 0 Å². The van der Waals surface area contributed by atoms with Gasteiger partial charge in [-0.2, -0.15) is 8.78 Å². The van der Waals surface area contributed by atoms with Gasteiger partial charge in [-0.3, -0.25) is 0 Å². The highest BCUT2D eigenvalue weighted by atomic mass is 19.2. The Hall–Kier alpha value is -2.24. The van der Waals surface area contributed by atoms with Gasteiger partial charge in [-0.05, 0) is 36.5 Å². The molecule has 0 spiro atoms. The molecule has 23 heavy (non-hydrogen) atoms. The molecule has 0 N–H and O–H groups in total. The maximum atomic E-state index is 14.2. The number of ether oxygens (including phenoxy) is 2. The Balaban J connectivity index is 2.02. The first-order chi connectivity index (χ1) is 11.0. The topological polar surface area (TPSA) is 18.5 Å². The van der Waals surface area contributed by atoms with Crippen molar-refractivity contribution >= 4 is 0 Å². The molecule has 3 rings (SSSR count). The quantitative estimate of drug-likeness (QED) is 0.585. The third kappa shape index (κ3) is 2.98. The number of rotatable bonds is 5. The van der Waals surface area contributed by atoms with Gasteiger partial charge in [-0.25, -0.2) is 8.78 Å². The van der Waals surface area contributed by atoms with Gasteiger partial charge in [-0.1, -0.05) is 12.1 Å². The Labute approximate surface area is 130 Å². The molecule has 0 aliphatic heterocycles. The van der Waals surface area contributed by atoms with Crippen LogP contribution in [0, 0.1) is 29.2 Å². The molecule has 0 amide bonds. The highest BCUT2D eigenvalue weighted by Gasteiger charge is 2.29. The summed E-state index contributed by atoms with van der Waals surface area (Å²) in [6.07, 6.45) is 1.77. The molecule has 1 saturated carbocycles. The van der Waals surface area contributed by atoms with Crippen LogP contribution < -0.4 is 9.47 Å². The van der Waals surface area contributed by atoms with Gasteiger partial charge in [0.2, 0.25) is 11.6 Å². The van der Waals surface area contributed by atoms with E-state index < -0.39 is 34.6 Å². The molecule has 0 bridgehead atoms. The van der Waals surface area contributed by atoms with Crippen LogP contribution in [0.4, 0.5) is 17.6 Å². The normalized spacial score (nSPS) is 14.0. The summed E-state index contributed by atoms with van der Waals surface area (Å²) >= 11 is 0. The first-order valence-electron chi connectivity index (χ1n) is 7.16. The van der Waals surface area contributed by atoms with E-state index in [1.165, 1.54) is 31.4 Å². The summed E-state index contributed by atoms with van der Waals surface area (Å²) in [6.45, 7) is 0.0502. The molecule has 6 heteroatoms. The zero-order valence-electron chi connectivity index (χ0n) is 12.3. The third-order valence-electron chi connectivity index (χ3n) is 3.76. The lowest BCUT2D eigenvalue weighted by molar-refractivity contribution is 0.259. The molecular weight excluding hydrogens is 312 g/mol. The van der Waals surface area contributed by atoms with Gasteiger partial charge in [0.1, 0.15) is 5.75 Å². The van der Waals surface area contributed by atoms with Crippen molar-refractivity contribution in [2.75, 3.05) is 13.7 Å². The van der Waals surface area contributed by atoms with E-state index in [0.717, 1.165) is 12.8 Å². The van der Waals surface area contributed by atoms with Gasteiger partial charge in [0, 0.05) is 0 Å². The summed E-state index contributed by atoms with van der Waals surface area (Å²) in [6, 6.07) is 5.54. The summed E-state index contributed by atoms with van der Waals surface area (Å²) in [5.74, 6) is -6.32. The Kier molecular flexibility index (Phi) is 4.15. The van der Waals surface area contributed by atoms with Gasteiger partial charge < -0.3 is 9.47 Å². The third-order valence-corrected chi connectivity index (χ3v) is 3.76. The SMILES string of the molecule is COc1ccc(-c2c(F)c(F)c(OCC3CC3)c(F)c2F)cc1. The Morgan fingerprint density at radius 2 is 1.48 bits per heavy atom. The second-order valence-electron chi connectivity index (χ2n) is 5.44. The predicted octanol–water partition coefficient (Wildman–Crippen LogP) is 4.71. The standard InChI is InChI=1S/C17H14F4O2/c1-22-11-6-4-10(5-7-11)12-13(18)15(20)17(16(21)14(12)19)23-8-9-2-3-9/h4-7,9H,2-3,8H2,1H3. The fourth-order valence-electron chi connectivity index (χ4n) is 2.24. The number of halogens is 4. The lowest BCUT2D eigenvalue weighted by Gasteiger charge is -2.13. The molecule has 2 nitrogen and oxygen atoms in total. The maximum absolute atomic E-state index is 14.2. The zero-order chi connectivity index (χ0) is 16.6. The molecule has 1 fully saturated rings. The first kappa shape index (κ1) is 15.6. The number of hydrogen-bond donors (Lipinski definition) is 0. The molecule has 1 aliphatic rings. The molecule has 0 heterocycles. The van der Waals surface area contributed by atoms with Gasteiger partial charge >= 0.3 is 0 Å². The van der Waals surface area contributed by atoms with Crippen LogP contribution in [0.3, 0.4) is 0 Å². The van der Waals surface area contributed by atoms with Crippen LogP contribution in [0.15, 0.2) is 24.3 Å². The second-order valence-corrected chi connectivity index (χ2v) is 5.44. The van der Waals surface area contributed by atoms with E-state index in [0.29, 0.717) is 5.75 Å². The summed E-state index contributed by atoms with van der Waals surface area (Å²) in [7, 11) is 1.43. The van der Waals surface area contributed by atoms with E-state index in [1.54, 1.807) is 0 Å². The molecule has 2 aromatic rings. The van der Waals surface area contributed by atoms with Crippen molar-refractivity contribution in [2.24, 2.45) is 5.92 Å². The summed E-state index contributed by atoms with van der Waals surface area (Å²) < 4.78 is 66.5. The van der Waals surface area contributed by atoms with E-state index in [-0.39, 0.29) is 18.1 Å². The minimum absolute atomic E-state index is 0.00680. The monoisotopic (exact) mass is 326 g/mol. The highest BCUT2D eigenvalue weighted by Crippen LogP contribution is 2.37. The van der Waals surface area contributed by atoms with Gasteiger partial charge in [0.15, 0.2) is 17.4 Å². The van der Waals surface area contributed by atoms with Gasteiger partial charge in [0.05, 0.1) is 19.3 Å². The number of methoxy groups -OCH3 is 1. The van der Waals surface area contributed by atoms with Crippen LogP contribution in [-0.4, -0.2) is 13.7 Å². The molecule has 0 unspecified atom stereocenters. The number of benzene rings is 2. The van der Waals surface area contributed by atoms with Crippen LogP contribution in [0.1, 0.15) is 12.8 Å². The van der Waals surface area contributed by atoms with Gasteiger partial charge in [0.25, 0.3) is 0 Å². The lowest BCUT2D eigenvalue weighted by atomic mass is 10.0. The van der Waals surface area contributed by atoms with Crippen molar-refractivity contribution in [3.05, 3.63) is 47.5 Å². The van der Waals surface area contributed by atoms with Gasteiger partial charge in [-0.15, -0.1) is 0 Å². The number of hydrogen-bond acceptors (Lipinski definition) is 2. The Bertz CT molecular complexity index is 695. The molecule has 0 radical (unpaired) electrons. The largest absolute Gasteiger partial charge is 0.497 e. The Morgan fingerprint density at radius 3 is 1.96 bits per heavy atom. The average Bonchev–Trinajstić information content (AvgIpc) is 3.38. The molecule has 0 atom stereocenters. The van der Waals surface area contributed by atoms with Crippen molar-refractivity contribution in [2.45, 2.75) is 12.8 Å². The van der Waals surface area contributed by atoms with E-state index in [1.807, 2.05) is 0 Å². The van der Waals surface area contributed by atoms with Crippen molar-refractivity contribution in [3.8, 4) is 22.6 Å². The van der Waals surface area contributed by atoms with Crippen LogP contribution in [0.5, 0.6) is 11.5 Å². The first-order valence-corrected chi connectivity index (χ1v) is 7.16. The highest BCUT2D eigenvalue weighted by molar-refractivity contribution is 5.67. The fraction of sp³-hybridized carbons (Fsp3) is 0.294. The van der Waals surface area contributed by atoms with Crippen LogP contribution in [0.2, 0.25) is 0 Å². The Morgan fingerprint density at radius 1 is 0.913 bits per heavy atom. The average molecular weight is 326 g/mol. The summed E-state index contributed by atoms with van der Waals surface area (Å²) in [4.78, 5) is 0. The van der Waals surface area contributed by atoms with Crippen molar-refractivity contribution < 1.29 is 27.0 Å². The second kappa shape index (κ2) is 6.10. The van der Waals surface area contributed by atoms with Crippen molar-refractivity contribution in [1.82, 2.24) is 0 Å². The zero-order valence-corrected chi connectivity index (χ0v) is 12.3. The van der Waals surface area contributed by atoms with E-state index in [9.17, 15) is 17.6 Å². The lowest BCUT2D eigenvalue weighted by Crippen LogP contribution is -2.08. The summed E-state index contributed by atoms with van der Waals surface area (Å²) in [5.41, 5.74) is -0.756. The minimum Gasteiger partial charge on any atom is -0.497 e. The molecule has 0 aromatic heterocycles. The van der Waals surface area contributed by atoms with Crippen LogP contribution in [0.25, 0.3) is 11.1 Å². The smallest absolute Gasteiger partial charge is 0.204 e. The minimum atomic E-state index is -1.52. The van der Waals surface area contributed by atoms with E-state index in [4.69, 9.17) is 9.47 Å². The predicted molar refractivity (Wildman–Crippen MR) is 76.5 cm³/mol. The van der Waals surface area contributed by atoms with E-state index >= 15 is 0 Å².